The van der Waals surface area contributed by atoms with Gasteiger partial charge in [-0.1, -0.05) is 0 Å². The summed E-state index contributed by atoms with van der Waals surface area (Å²) < 4.78 is 13.1. The van der Waals surface area contributed by atoms with Crippen molar-refractivity contribution in [3.8, 4) is 11.5 Å². The van der Waals surface area contributed by atoms with E-state index in [1.165, 1.54) is 43.1 Å². The summed E-state index contributed by atoms with van der Waals surface area (Å²) in [6, 6.07) is 10.2. The molecule has 10 heteroatoms. The number of phenols is 2. The summed E-state index contributed by atoms with van der Waals surface area (Å²) in [7, 11) is 0. The number of halogens is 1. The molecule has 29 heavy (non-hydrogen) atoms. The summed E-state index contributed by atoms with van der Waals surface area (Å²) >= 11 is 0. The molecule has 0 aliphatic carbocycles. The molecule has 2 aromatic heterocycles. The third-order valence-electron chi connectivity index (χ3n) is 3.91. The Hall–Kier alpha value is -4.34. The molecule has 0 saturated carbocycles. The van der Waals surface area contributed by atoms with E-state index >= 15 is 0 Å². The van der Waals surface area contributed by atoms with E-state index in [-0.39, 0.29) is 17.3 Å². The molecular formula is C19H14FN7O2. The van der Waals surface area contributed by atoms with Crippen LogP contribution in [0.15, 0.2) is 60.2 Å². The first-order chi connectivity index (χ1) is 14.1. The highest BCUT2D eigenvalue weighted by atomic mass is 19.1. The molecule has 144 valence electrons. The molecule has 2 aromatic carbocycles. The Morgan fingerprint density at radius 3 is 2.24 bits per heavy atom. The second kappa shape index (κ2) is 7.72. The standard InChI is InChI=1S/C19H14FN7O2/c20-12-2-4-13(5-3-12)26-18-16-17(22-9-23-18)19(24-10-21-16)27-25-8-11-1-6-14(28)15(29)7-11/h1-10,28-29H,(H,21,24,27)(H,22,23,26)/b25-8+. The predicted octanol–water partition coefficient (Wildman–Crippen LogP) is 3.16. The molecule has 0 amide bonds. The van der Waals surface area contributed by atoms with Gasteiger partial charge in [0.2, 0.25) is 0 Å². The number of rotatable bonds is 5. The zero-order valence-electron chi connectivity index (χ0n) is 14.8. The molecular weight excluding hydrogens is 377 g/mol. The van der Waals surface area contributed by atoms with Crippen molar-refractivity contribution in [3.05, 3.63) is 66.5 Å². The number of fused-ring (bicyclic) bond motifs is 1. The lowest BCUT2D eigenvalue weighted by Crippen LogP contribution is -2.02. The zero-order chi connectivity index (χ0) is 20.2. The number of benzene rings is 2. The van der Waals surface area contributed by atoms with E-state index < -0.39 is 0 Å². The van der Waals surface area contributed by atoms with Gasteiger partial charge in [0.1, 0.15) is 29.5 Å². The smallest absolute Gasteiger partial charge is 0.176 e. The normalized spacial score (nSPS) is 11.1. The lowest BCUT2D eigenvalue weighted by Gasteiger charge is -2.09. The second-order valence-electron chi connectivity index (χ2n) is 5.89. The summed E-state index contributed by atoms with van der Waals surface area (Å²) in [5, 5.41) is 26.0. The molecule has 4 N–H and O–H groups in total. The first-order valence-corrected chi connectivity index (χ1v) is 8.39. The highest BCUT2D eigenvalue weighted by Crippen LogP contribution is 2.25. The Morgan fingerprint density at radius 1 is 0.828 bits per heavy atom. The number of aromatic hydroxyl groups is 2. The monoisotopic (exact) mass is 391 g/mol. The van der Waals surface area contributed by atoms with Crippen LogP contribution in [0.25, 0.3) is 11.0 Å². The van der Waals surface area contributed by atoms with E-state index in [2.05, 4.69) is 35.8 Å². The highest BCUT2D eigenvalue weighted by Gasteiger charge is 2.10. The average molecular weight is 391 g/mol. The number of phenolic OH excluding ortho intramolecular Hbond substituents is 2. The minimum absolute atomic E-state index is 0.213. The van der Waals surface area contributed by atoms with Crippen LogP contribution in [0.3, 0.4) is 0 Å². The lowest BCUT2D eigenvalue weighted by molar-refractivity contribution is 0.403. The van der Waals surface area contributed by atoms with E-state index in [0.29, 0.717) is 33.9 Å². The van der Waals surface area contributed by atoms with Crippen LogP contribution >= 0.6 is 0 Å². The van der Waals surface area contributed by atoms with E-state index in [1.54, 1.807) is 18.2 Å². The fourth-order valence-electron chi connectivity index (χ4n) is 2.51. The molecule has 2 heterocycles. The van der Waals surface area contributed by atoms with Gasteiger partial charge < -0.3 is 15.5 Å². The fourth-order valence-corrected chi connectivity index (χ4v) is 2.51. The Bertz CT molecular complexity index is 1200. The molecule has 0 aliphatic heterocycles. The number of hydrogen-bond acceptors (Lipinski definition) is 9. The number of hydrogen-bond donors (Lipinski definition) is 4. The molecule has 0 spiro atoms. The number of hydrazone groups is 1. The minimum Gasteiger partial charge on any atom is -0.504 e. The summed E-state index contributed by atoms with van der Waals surface area (Å²) in [6.07, 6.45) is 4.14. The predicted molar refractivity (Wildman–Crippen MR) is 106 cm³/mol. The fraction of sp³-hybridized carbons (Fsp3) is 0. The molecule has 0 fully saturated rings. The Morgan fingerprint density at radius 2 is 1.52 bits per heavy atom. The van der Waals surface area contributed by atoms with Crippen LogP contribution in [-0.2, 0) is 0 Å². The summed E-state index contributed by atoms with van der Waals surface area (Å²) in [4.78, 5) is 16.7. The largest absolute Gasteiger partial charge is 0.504 e. The van der Waals surface area contributed by atoms with Crippen molar-refractivity contribution >= 4 is 34.6 Å². The third-order valence-corrected chi connectivity index (χ3v) is 3.91. The van der Waals surface area contributed by atoms with Gasteiger partial charge in [0.15, 0.2) is 23.1 Å². The van der Waals surface area contributed by atoms with Crippen LogP contribution in [0, 0.1) is 5.82 Å². The van der Waals surface area contributed by atoms with Crippen LogP contribution in [0.2, 0.25) is 0 Å². The second-order valence-corrected chi connectivity index (χ2v) is 5.89. The molecule has 0 saturated heterocycles. The summed E-state index contributed by atoms with van der Waals surface area (Å²) in [6.45, 7) is 0. The van der Waals surface area contributed by atoms with E-state index in [1.807, 2.05) is 0 Å². The van der Waals surface area contributed by atoms with Crippen molar-refractivity contribution in [2.75, 3.05) is 10.7 Å². The van der Waals surface area contributed by atoms with Crippen molar-refractivity contribution in [2.45, 2.75) is 0 Å². The number of nitrogens with zero attached hydrogens (tertiary/aromatic N) is 5. The average Bonchev–Trinajstić information content (AvgIpc) is 2.73. The van der Waals surface area contributed by atoms with Gasteiger partial charge in [-0.15, -0.1) is 0 Å². The Kier molecular flexibility index (Phi) is 4.81. The van der Waals surface area contributed by atoms with Gasteiger partial charge in [-0.2, -0.15) is 5.10 Å². The van der Waals surface area contributed by atoms with Crippen LogP contribution in [-0.4, -0.2) is 36.4 Å². The van der Waals surface area contributed by atoms with Gasteiger partial charge in [-0.3, -0.25) is 5.43 Å². The van der Waals surface area contributed by atoms with Gasteiger partial charge in [0, 0.05) is 5.69 Å². The van der Waals surface area contributed by atoms with Gasteiger partial charge in [0.05, 0.1) is 6.21 Å². The zero-order valence-corrected chi connectivity index (χ0v) is 14.8. The van der Waals surface area contributed by atoms with Crippen molar-refractivity contribution in [3.63, 3.8) is 0 Å². The highest BCUT2D eigenvalue weighted by molar-refractivity contribution is 5.93. The molecule has 0 radical (unpaired) electrons. The summed E-state index contributed by atoms with van der Waals surface area (Å²) in [5.41, 5.74) is 4.87. The Balaban J connectivity index is 1.59. The van der Waals surface area contributed by atoms with E-state index in [0.717, 1.165) is 0 Å². The first-order valence-electron chi connectivity index (χ1n) is 8.39. The molecule has 0 aliphatic rings. The number of nitrogens with one attached hydrogen (secondary N) is 2. The first kappa shape index (κ1) is 18.0. The van der Waals surface area contributed by atoms with Crippen molar-refractivity contribution < 1.29 is 14.6 Å². The quantitative estimate of drug-likeness (QED) is 0.232. The lowest BCUT2D eigenvalue weighted by atomic mass is 10.2. The van der Waals surface area contributed by atoms with Crippen molar-refractivity contribution in [1.82, 2.24) is 19.9 Å². The molecule has 9 nitrogen and oxygen atoms in total. The maximum Gasteiger partial charge on any atom is 0.176 e. The van der Waals surface area contributed by atoms with Gasteiger partial charge in [0.25, 0.3) is 0 Å². The van der Waals surface area contributed by atoms with Crippen LogP contribution < -0.4 is 10.7 Å². The maximum atomic E-state index is 13.1. The van der Waals surface area contributed by atoms with Crippen LogP contribution in [0.5, 0.6) is 11.5 Å². The van der Waals surface area contributed by atoms with Crippen LogP contribution in [0.4, 0.5) is 21.7 Å². The van der Waals surface area contributed by atoms with Crippen molar-refractivity contribution in [2.24, 2.45) is 5.10 Å². The number of aromatic nitrogens is 4. The summed E-state index contributed by atoms with van der Waals surface area (Å²) in [5.74, 6) is -0.0181. The van der Waals surface area contributed by atoms with Gasteiger partial charge in [-0.25, -0.2) is 24.3 Å². The SMILES string of the molecule is Oc1ccc(/C=N/Nc2ncnc3c(Nc4ccc(F)cc4)ncnc23)cc1O. The molecule has 0 bridgehead atoms. The molecule has 0 unspecified atom stereocenters. The minimum atomic E-state index is -0.336. The molecule has 4 aromatic rings. The van der Waals surface area contributed by atoms with E-state index in [4.69, 9.17) is 0 Å². The topological polar surface area (TPSA) is 128 Å². The molecule has 4 rings (SSSR count). The van der Waals surface area contributed by atoms with Crippen molar-refractivity contribution in [1.29, 1.82) is 0 Å². The maximum absolute atomic E-state index is 13.1. The van der Waals surface area contributed by atoms with Gasteiger partial charge in [-0.05, 0) is 48.0 Å². The third kappa shape index (κ3) is 4.00. The van der Waals surface area contributed by atoms with E-state index in [9.17, 15) is 14.6 Å². The Labute approximate surface area is 163 Å². The van der Waals surface area contributed by atoms with Gasteiger partial charge >= 0.3 is 0 Å². The molecule has 0 atom stereocenters. The number of anilines is 3. The van der Waals surface area contributed by atoms with Crippen LogP contribution in [0.1, 0.15) is 5.56 Å².